The number of amides is 1. The first-order chi connectivity index (χ1) is 24.4. The Hall–Kier alpha value is -2.33. The van der Waals surface area contributed by atoms with E-state index in [1.807, 2.05) is 44.7 Å². The predicted molar refractivity (Wildman–Crippen MR) is 197 cm³/mol. The number of ketones is 1. The standard InChI is InChI=1S/C43H57NO7S/c1-26-9-10-30(52-26)33(46)29-23-40-18-19-42(29)31(37(40,4)14-11-27(45)22-40)12-15-38(5)32(42)13-16-41(38,49)25-44(24-28-8-7-21-50-28)34(47)43-20-17-39(6,35(48)51-43)36(43,2)3/h9-10,18-19,23,27-28,31-32,45,49H,7-8,11-17,20-22,24-25H2,1-6H3. The Balaban J connectivity index is 1.12. The highest BCUT2D eigenvalue weighted by atomic mass is 32.1. The molecular formula is C43H57NO7S. The van der Waals surface area contributed by atoms with Gasteiger partial charge < -0.3 is 24.6 Å². The lowest BCUT2D eigenvalue weighted by atomic mass is 9.32. The number of hydrogen-bond donors (Lipinski definition) is 2. The molecule has 0 aromatic carbocycles. The number of rotatable bonds is 7. The summed E-state index contributed by atoms with van der Waals surface area (Å²) in [7, 11) is 0. The second kappa shape index (κ2) is 10.9. The first-order valence-corrected chi connectivity index (χ1v) is 20.8. The Labute approximate surface area is 312 Å². The van der Waals surface area contributed by atoms with Crippen LogP contribution in [-0.2, 0) is 19.1 Å². The van der Waals surface area contributed by atoms with E-state index in [0.717, 1.165) is 60.3 Å². The number of esters is 1. The molecule has 2 saturated heterocycles. The van der Waals surface area contributed by atoms with E-state index in [2.05, 4.69) is 32.1 Å². The van der Waals surface area contributed by atoms with Crippen molar-refractivity contribution in [3.8, 4) is 0 Å². The highest BCUT2D eigenvalue weighted by Gasteiger charge is 2.78. The van der Waals surface area contributed by atoms with Gasteiger partial charge >= 0.3 is 5.97 Å². The van der Waals surface area contributed by atoms with Gasteiger partial charge in [-0.3, -0.25) is 14.4 Å². The lowest BCUT2D eigenvalue weighted by molar-refractivity contribution is -0.188. The molecule has 1 amide bonds. The van der Waals surface area contributed by atoms with Crippen LogP contribution in [-0.4, -0.2) is 75.9 Å². The van der Waals surface area contributed by atoms with Gasteiger partial charge in [0.15, 0.2) is 11.4 Å². The first kappa shape index (κ1) is 35.4. The van der Waals surface area contributed by atoms with Crippen molar-refractivity contribution in [1.29, 1.82) is 0 Å². The van der Waals surface area contributed by atoms with Crippen molar-refractivity contribution < 1.29 is 34.1 Å². The van der Waals surface area contributed by atoms with Crippen LogP contribution in [0.4, 0.5) is 0 Å². The number of aliphatic hydroxyl groups excluding tert-OH is 1. The summed E-state index contributed by atoms with van der Waals surface area (Å²) in [5.74, 6) is -0.248. The third-order valence-electron chi connectivity index (χ3n) is 17.5. The number of aliphatic hydroxyl groups is 2. The number of ether oxygens (including phenoxy) is 2. The molecule has 52 heavy (non-hydrogen) atoms. The maximum atomic E-state index is 15.1. The van der Waals surface area contributed by atoms with Crippen LogP contribution >= 0.6 is 11.3 Å². The average molecular weight is 732 g/mol. The van der Waals surface area contributed by atoms with E-state index in [1.54, 1.807) is 11.3 Å². The number of fused-ring (bicyclic) bond motifs is 3. The molecule has 4 saturated carbocycles. The number of thiophene rings is 1. The van der Waals surface area contributed by atoms with Crippen LogP contribution in [0, 0.1) is 51.2 Å². The van der Waals surface area contributed by atoms with Crippen LogP contribution < -0.4 is 0 Å². The Bertz CT molecular complexity index is 1810. The van der Waals surface area contributed by atoms with Crippen molar-refractivity contribution in [1.82, 2.24) is 4.90 Å². The van der Waals surface area contributed by atoms with Crippen molar-refractivity contribution in [2.24, 2.45) is 44.3 Å². The highest BCUT2D eigenvalue weighted by molar-refractivity contribution is 7.14. The molecule has 7 aliphatic carbocycles. The minimum Gasteiger partial charge on any atom is -0.448 e. The van der Waals surface area contributed by atoms with E-state index in [4.69, 9.17) is 9.47 Å². The molecule has 282 valence electrons. The Morgan fingerprint density at radius 2 is 1.67 bits per heavy atom. The van der Waals surface area contributed by atoms with E-state index >= 15 is 4.79 Å². The second-order valence-electron chi connectivity index (χ2n) is 19.5. The smallest absolute Gasteiger partial charge is 0.313 e. The largest absolute Gasteiger partial charge is 0.448 e. The zero-order valence-electron chi connectivity index (χ0n) is 31.9. The summed E-state index contributed by atoms with van der Waals surface area (Å²) in [6.07, 6.45) is 14.5. The predicted octanol–water partition coefficient (Wildman–Crippen LogP) is 6.96. The minimum absolute atomic E-state index is 0.0217. The molecule has 4 bridgehead atoms. The van der Waals surface area contributed by atoms with Gasteiger partial charge in [-0.05, 0) is 114 Å². The molecule has 1 aromatic rings. The van der Waals surface area contributed by atoms with Gasteiger partial charge in [0.1, 0.15) is 0 Å². The molecule has 2 spiro atoms. The van der Waals surface area contributed by atoms with Gasteiger partial charge in [-0.15, -0.1) is 11.3 Å². The summed E-state index contributed by atoms with van der Waals surface area (Å²) in [5.41, 5.74) is -4.75. The van der Waals surface area contributed by atoms with Crippen LogP contribution in [0.25, 0.3) is 0 Å². The zero-order valence-corrected chi connectivity index (χ0v) is 32.7. The normalized spacial score (nSPS) is 47.8. The topological polar surface area (TPSA) is 113 Å². The van der Waals surface area contributed by atoms with Gasteiger partial charge in [-0.2, -0.15) is 0 Å². The monoisotopic (exact) mass is 731 g/mol. The third-order valence-corrected chi connectivity index (χ3v) is 18.5. The quantitative estimate of drug-likeness (QED) is 0.177. The van der Waals surface area contributed by atoms with Crippen molar-refractivity contribution in [3.63, 3.8) is 0 Å². The van der Waals surface area contributed by atoms with Crippen LogP contribution in [0.2, 0.25) is 0 Å². The third kappa shape index (κ3) is 4.07. The number of allylic oxidation sites excluding steroid dienone is 4. The van der Waals surface area contributed by atoms with Crippen molar-refractivity contribution in [3.05, 3.63) is 45.7 Å². The van der Waals surface area contributed by atoms with Crippen LogP contribution in [0.1, 0.15) is 120 Å². The van der Waals surface area contributed by atoms with Crippen molar-refractivity contribution in [2.75, 3.05) is 19.7 Å². The number of carbonyl (C=O) groups is 3. The average Bonchev–Trinajstić information content (AvgIpc) is 3.89. The minimum atomic E-state index is -1.27. The SMILES string of the molecule is Cc1ccc(C(=O)C2=CC34C=CC25C(CCC2(C)C5CCC2(O)CN(CC2CCCO2)C(=O)C25CCC(C)(C(=O)O2)C5(C)C)C3(C)CCC(O)C4)s1. The van der Waals surface area contributed by atoms with Gasteiger partial charge in [0.2, 0.25) is 0 Å². The lowest BCUT2D eigenvalue weighted by Gasteiger charge is -2.71. The summed E-state index contributed by atoms with van der Waals surface area (Å²) in [5, 5.41) is 24.3. The van der Waals surface area contributed by atoms with E-state index in [9.17, 15) is 19.8 Å². The van der Waals surface area contributed by atoms with E-state index in [0.29, 0.717) is 38.8 Å². The molecule has 11 unspecified atom stereocenters. The Kier molecular flexibility index (Phi) is 7.42. The molecule has 11 atom stereocenters. The molecule has 9 heteroatoms. The van der Waals surface area contributed by atoms with Crippen LogP contribution in [0.15, 0.2) is 35.9 Å². The summed E-state index contributed by atoms with van der Waals surface area (Å²) in [6.45, 7) is 13.7. The van der Waals surface area contributed by atoms with Crippen molar-refractivity contribution >= 4 is 29.0 Å². The van der Waals surface area contributed by atoms with Crippen LogP contribution in [0.3, 0.4) is 0 Å². The molecule has 8 nitrogen and oxygen atoms in total. The highest BCUT2D eigenvalue weighted by Crippen LogP contribution is 2.78. The zero-order chi connectivity index (χ0) is 36.9. The summed E-state index contributed by atoms with van der Waals surface area (Å²) in [4.78, 5) is 46.9. The van der Waals surface area contributed by atoms with Crippen molar-refractivity contribution in [2.45, 2.75) is 136 Å². The Morgan fingerprint density at radius 3 is 2.33 bits per heavy atom. The number of aryl methyl sites for hydroxylation is 1. The molecular weight excluding hydrogens is 675 g/mol. The number of Topliss-reactive ketones (excluding diaryl/α,β-unsaturated/α-hetero) is 1. The van der Waals surface area contributed by atoms with Gasteiger partial charge in [0, 0.05) is 45.3 Å². The van der Waals surface area contributed by atoms with Gasteiger partial charge in [0.05, 0.1) is 34.6 Å². The summed E-state index contributed by atoms with van der Waals surface area (Å²) >= 11 is 1.54. The number of hydrogen-bond acceptors (Lipinski definition) is 8. The van der Waals surface area contributed by atoms with E-state index in [1.165, 1.54) is 0 Å². The molecule has 10 rings (SSSR count). The van der Waals surface area contributed by atoms with E-state index < -0.39 is 39.0 Å². The molecule has 2 aliphatic heterocycles. The maximum absolute atomic E-state index is 15.1. The molecule has 3 heterocycles. The second-order valence-corrected chi connectivity index (χ2v) is 20.8. The van der Waals surface area contributed by atoms with Gasteiger partial charge in [0.25, 0.3) is 5.91 Å². The fourth-order valence-corrected chi connectivity index (χ4v) is 14.7. The van der Waals surface area contributed by atoms with Gasteiger partial charge in [-0.1, -0.05) is 45.9 Å². The fraction of sp³-hybridized carbons (Fsp3) is 0.744. The maximum Gasteiger partial charge on any atom is 0.313 e. The van der Waals surface area contributed by atoms with Crippen LogP contribution in [0.5, 0.6) is 0 Å². The fourth-order valence-electron chi connectivity index (χ4n) is 13.8. The lowest BCUT2D eigenvalue weighted by Crippen LogP contribution is -2.68. The molecule has 6 fully saturated rings. The summed E-state index contributed by atoms with van der Waals surface area (Å²) < 4.78 is 12.2. The Morgan fingerprint density at radius 1 is 0.942 bits per heavy atom. The van der Waals surface area contributed by atoms with Gasteiger partial charge in [-0.25, -0.2) is 0 Å². The first-order valence-electron chi connectivity index (χ1n) is 20.0. The molecule has 0 radical (unpaired) electrons. The van der Waals surface area contributed by atoms with E-state index in [-0.39, 0.29) is 53.0 Å². The molecule has 9 aliphatic rings. The number of carbonyl (C=O) groups excluding carboxylic acids is 3. The number of nitrogens with zero attached hydrogens (tertiary/aromatic N) is 1. The molecule has 2 N–H and O–H groups in total. The molecule has 1 aromatic heterocycles. The summed E-state index contributed by atoms with van der Waals surface area (Å²) in [6, 6.07) is 3.98.